The minimum Gasteiger partial charge on any atom is -0.398 e. The number of hydroxylamine groups is 2. The molecule has 0 atom stereocenters. The molecule has 0 aromatic heterocycles. The molecule has 0 saturated carbocycles. The lowest BCUT2D eigenvalue weighted by Gasteiger charge is -2.24. The molecule has 0 aliphatic rings. The molecule has 6 heteroatoms. The average molecular weight is 269 g/mol. The molecule has 19 heavy (non-hydrogen) atoms. The largest absolute Gasteiger partial charge is 0.398 e. The second-order valence-electron chi connectivity index (χ2n) is 4.30. The second-order valence-corrected chi connectivity index (χ2v) is 4.30. The molecule has 0 aliphatic carbocycles. The van der Waals surface area contributed by atoms with E-state index < -0.39 is 0 Å². The second kappa shape index (κ2) is 7.96. The van der Waals surface area contributed by atoms with Crippen molar-refractivity contribution in [2.75, 3.05) is 43.5 Å². The fourth-order valence-electron chi connectivity index (χ4n) is 1.85. The van der Waals surface area contributed by atoms with Crippen LogP contribution >= 0.6 is 0 Å². The van der Waals surface area contributed by atoms with E-state index in [-0.39, 0.29) is 13.2 Å². The van der Waals surface area contributed by atoms with E-state index in [0.717, 1.165) is 11.3 Å². The number of nitrogens with two attached hydrogens (primary N) is 1. The van der Waals surface area contributed by atoms with Crippen LogP contribution in [0.15, 0.2) is 18.2 Å². The van der Waals surface area contributed by atoms with Crippen LogP contribution in [0.4, 0.5) is 11.4 Å². The smallest absolute Gasteiger partial charge is 0.0606 e. The normalized spacial score (nSPS) is 11.0. The minimum absolute atomic E-state index is 0.0147. The molecule has 0 radical (unpaired) electrons. The lowest BCUT2D eigenvalue weighted by atomic mass is 10.1. The molecule has 108 valence electrons. The molecule has 0 bridgehead atoms. The van der Waals surface area contributed by atoms with Crippen molar-refractivity contribution >= 4 is 11.4 Å². The van der Waals surface area contributed by atoms with Crippen molar-refractivity contribution in [3.8, 4) is 0 Å². The first kappa shape index (κ1) is 15.7. The predicted octanol–water partition coefficient (Wildman–Crippen LogP) is 0.271. The number of anilines is 2. The summed E-state index contributed by atoms with van der Waals surface area (Å²) in [6.07, 6.45) is 0. The van der Waals surface area contributed by atoms with Gasteiger partial charge in [-0.25, -0.2) is 0 Å². The molecular formula is C13H23N3O3. The number of aliphatic hydroxyl groups excluding tert-OH is 2. The summed E-state index contributed by atoms with van der Waals surface area (Å²) in [6, 6.07) is 5.49. The summed E-state index contributed by atoms with van der Waals surface area (Å²) in [5.41, 5.74) is 8.19. The van der Waals surface area contributed by atoms with Crippen molar-refractivity contribution in [3.05, 3.63) is 23.8 Å². The van der Waals surface area contributed by atoms with Gasteiger partial charge in [-0.3, -0.25) is 0 Å². The number of hydrogen-bond acceptors (Lipinski definition) is 6. The lowest BCUT2D eigenvalue weighted by molar-refractivity contribution is -0.0944. The van der Waals surface area contributed by atoms with Gasteiger partial charge in [0, 0.05) is 31.0 Å². The summed E-state index contributed by atoms with van der Waals surface area (Å²) >= 11 is 0. The quantitative estimate of drug-likeness (QED) is 0.400. The zero-order chi connectivity index (χ0) is 14.3. The molecule has 0 saturated heterocycles. The van der Waals surface area contributed by atoms with Crippen molar-refractivity contribution in [3.63, 3.8) is 0 Å². The van der Waals surface area contributed by atoms with Crippen LogP contribution in [-0.4, -0.2) is 53.3 Å². The number of nitrogens with zero attached hydrogens (tertiary/aromatic N) is 2. The predicted molar refractivity (Wildman–Crippen MR) is 75.1 cm³/mol. The van der Waals surface area contributed by atoms with E-state index in [1.54, 1.807) is 6.07 Å². The van der Waals surface area contributed by atoms with Gasteiger partial charge in [0.25, 0.3) is 0 Å². The highest BCUT2D eigenvalue weighted by atomic mass is 16.5. The monoisotopic (exact) mass is 269 g/mol. The number of aliphatic hydroxyl groups is 2. The van der Waals surface area contributed by atoms with Gasteiger partial charge in [0.1, 0.15) is 0 Å². The summed E-state index contributed by atoms with van der Waals surface area (Å²) < 4.78 is 0. The summed E-state index contributed by atoms with van der Waals surface area (Å²) in [4.78, 5) is 1.87. The van der Waals surface area contributed by atoms with E-state index in [9.17, 15) is 5.21 Å². The molecule has 0 amide bonds. The van der Waals surface area contributed by atoms with E-state index in [4.69, 9.17) is 15.9 Å². The molecule has 0 aliphatic heterocycles. The van der Waals surface area contributed by atoms with Gasteiger partial charge >= 0.3 is 0 Å². The van der Waals surface area contributed by atoms with Crippen LogP contribution in [0.1, 0.15) is 12.5 Å². The third kappa shape index (κ3) is 4.68. The van der Waals surface area contributed by atoms with Crippen LogP contribution < -0.4 is 10.6 Å². The van der Waals surface area contributed by atoms with Gasteiger partial charge in [0.15, 0.2) is 0 Å². The van der Waals surface area contributed by atoms with E-state index in [2.05, 4.69) is 0 Å². The summed E-state index contributed by atoms with van der Waals surface area (Å²) in [5.74, 6) is 0. The average Bonchev–Trinajstić information content (AvgIpc) is 2.41. The van der Waals surface area contributed by atoms with Crippen LogP contribution in [0.25, 0.3) is 0 Å². The molecular weight excluding hydrogens is 246 g/mol. The van der Waals surface area contributed by atoms with Gasteiger partial charge in [-0.1, -0.05) is 6.92 Å². The zero-order valence-electron chi connectivity index (χ0n) is 11.3. The van der Waals surface area contributed by atoms with Gasteiger partial charge in [0.2, 0.25) is 0 Å². The summed E-state index contributed by atoms with van der Waals surface area (Å²) in [5, 5.41) is 28.8. The Bertz CT molecular complexity index is 381. The minimum atomic E-state index is 0.0147. The Morgan fingerprint density at radius 1 is 1.16 bits per heavy atom. The molecule has 0 spiro atoms. The Hall–Kier alpha value is -1.34. The SMILES string of the molecule is CCN(O)Cc1cc(N(CCO)CCO)ccc1N. The highest BCUT2D eigenvalue weighted by Crippen LogP contribution is 2.22. The maximum Gasteiger partial charge on any atom is 0.0606 e. The Morgan fingerprint density at radius 2 is 1.79 bits per heavy atom. The fourth-order valence-corrected chi connectivity index (χ4v) is 1.85. The van der Waals surface area contributed by atoms with Gasteiger partial charge in [-0.05, 0) is 23.8 Å². The Balaban J connectivity index is 2.92. The third-order valence-electron chi connectivity index (χ3n) is 2.95. The van der Waals surface area contributed by atoms with Crippen molar-refractivity contribution in [2.45, 2.75) is 13.5 Å². The maximum atomic E-state index is 9.56. The van der Waals surface area contributed by atoms with Crippen molar-refractivity contribution in [1.29, 1.82) is 0 Å². The van der Waals surface area contributed by atoms with Crippen LogP contribution in [0, 0.1) is 0 Å². The van der Waals surface area contributed by atoms with E-state index in [1.165, 1.54) is 5.06 Å². The number of rotatable bonds is 8. The molecule has 1 rings (SSSR count). The van der Waals surface area contributed by atoms with Gasteiger partial charge in [-0.15, -0.1) is 0 Å². The first-order valence-corrected chi connectivity index (χ1v) is 6.41. The van der Waals surface area contributed by atoms with Crippen LogP contribution in [0.2, 0.25) is 0 Å². The van der Waals surface area contributed by atoms with E-state index in [1.807, 2.05) is 24.0 Å². The van der Waals surface area contributed by atoms with E-state index in [0.29, 0.717) is 31.9 Å². The Morgan fingerprint density at radius 3 is 2.32 bits per heavy atom. The zero-order valence-corrected chi connectivity index (χ0v) is 11.3. The fraction of sp³-hybridized carbons (Fsp3) is 0.538. The molecule has 0 unspecified atom stereocenters. The standard InChI is InChI=1S/C13H23N3O3/c1-2-16(19)10-11-9-12(3-4-13(11)14)15(5-7-17)6-8-18/h3-4,9,17-19H,2,5-8,10,14H2,1H3. The number of hydrogen-bond donors (Lipinski definition) is 4. The molecule has 5 N–H and O–H groups in total. The highest BCUT2D eigenvalue weighted by Gasteiger charge is 2.09. The van der Waals surface area contributed by atoms with Crippen molar-refractivity contribution in [2.24, 2.45) is 0 Å². The molecule has 0 fully saturated rings. The lowest BCUT2D eigenvalue weighted by Crippen LogP contribution is -2.30. The van der Waals surface area contributed by atoms with Crippen LogP contribution in [0.5, 0.6) is 0 Å². The third-order valence-corrected chi connectivity index (χ3v) is 2.95. The summed E-state index contributed by atoms with van der Waals surface area (Å²) in [6.45, 7) is 3.63. The van der Waals surface area contributed by atoms with Gasteiger partial charge in [0.05, 0.1) is 19.8 Å². The molecule has 1 aromatic rings. The topological polar surface area (TPSA) is 93.2 Å². The molecule has 0 heterocycles. The Labute approximate surface area is 113 Å². The van der Waals surface area contributed by atoms with Crippen molar-refractivity contribution < 1.29 is 15.4 Å². The first-order chi connectivity index (χ1) is 9.12. The maximum absolute atomic E-state index is 9.56. The van der Waals surface area contributed by atoms with Crippen LogP contribution in [-0.2, 0) is 6.54 Å². The number of nitrogen functional groups attached to an aromatic ring is 1. The molecule has 6 nitrogen and oxygen atoms in total. The number of benzene rings is 1. The van der Waals surface area contributed by atoms with E-state index >= 15 is 0 Å². The highest BCUT2D eigenvalue weighted by molar-refractivity contribution is 5.58. The van der Waals surface area contributed by atoms with Crippen molar-refractivity contribution in [1.82, 2.24) is 5.06 Å². The van der Waals surface area contributed by atoms with Gasteiger partial charge in [-0.2, -0.15) is 5.06 Å². The first-order valence-electron chi connectivity index (χ1n) is 6.41. The Kier molecular flexibility index (Phi) is 6.58. The summed E-state index contributed by atoms with van der Waals surface area (Å²) in [7, 11) is 0. The van der Waals surface area contributed by atoms with Crippen LogP contribution in [0.3, 0.4) is 0 Å². The molecule has 1 aromatic carbocycles. The van der Waals surface area contributed by atoms with Gasteiger partial charge < -0.3 is 26.1 Å².